The van der Waals surface area contributed by atoms with E-state index in [1.807, 2.05) is 35.2 Å². The van der Waals surface area contributed by atoms with Crippen LogP contribution in [0.2, 0.25) is 0 Å². The zero-order valence-electron chi connectivity index (χ0n) is 24.0. The molecule has 216 valence electrons. The SMILES string of the molecule is CCCCCCCCCCCC(=O)C1(O)CC(C(=O)OC)C(C(=O)OCC)=C2N(Cc3ccccc3)CCN21. The number of fused-ring (bicyclic) bond motifs is 1. The van der Waals surface area contributed by atoms with Crippen molar-refractivity contribution in [2.45, 2.75) is 96.7 Å². The summed E-state index contributed by atoms with van der Waals surface area (Å²) < 4.78 is 10.4. The summed E-state index contributed by atoms with van der Waals surface area (Å²) in [6.07, 6.45) is 10.1. The fourth-order valence-electron chi connectivity index (χ4n) is 5.74. The average molecular weight is 543 g/mol. The normalized spacial score (nSPS) is 20.7. The van der Waals surface area contributed by atoms with Gasteiger partial charge in [0, 0.05) is 32.5 Å². The minimum absolute atomic E-state index is 0.143. The minimum atomic E-state index is -1.89. The Labute approximate surface area is 233 Å². The Morgan fingerprint density at radius 2 is 1.59 bits per heavy atom. The van der Waals surface area contributed by atoms with Gasteiger partial charge in [0.25, 0.3) is 0 Å². The molecule has 2 aliphatic heterocycles. The molecule has 3 rings (SSSR count). The van der Waals surface area contributed by atoms with Crippen molar-refractivity contribution in [3.8, 4) is 0 Å². The second kappa shape index (κ2) is 15.1. The lowest BCUT2D eigenvalue weighted by atomic mass is 9.82. The number of aliphatic hydroxyl groups is 1. The summed E-state index contributed by atoms with van der Waals surface area (Å²) in [5.74, 6) is -2.32. The molecule has 2 atom stereocenters. The second-order valence-electron chi connectivity index (χ2n) is 10.6. The summed E-state index contributed by atoms with van der Waals surface area (Å²) in [5.41, 5.74) is -0.729. The molecule has 39 heavy (non-hydrogen) atoms. The first kappa shape index (κ1) is 30.7. The highest BCUT2D eigenvalue weighted by Crippen LogP contribution is 2.44. The van der Waals surface area contributed by atoms with Crippen LogP contribution in [0.15, 0.2) is 41.7 Å². The Balaban J connectivity index is 1.80. The number of carbonyl (C=O) groups excluding carboxylic acids is 3. The predicted molar refractivity (Wildman–Crippen MR) is 149 cm³/mol. The van der Waals surface area contributed by atoms with Crippen molar-refractivity contribution in [1.82, 2.24) is 9.80 Å². The number of Topliss-reactive ketones (excluding diaryl/α,β-unsaturated/α-hetero) is 1. The van der Waals surface area contributed by atoms with Gasteiger partial charge in [-0.15, -0.1) is 0 Å². The Morgan fingerprint density at radius 3 is 2.21 bits per heavy atom. The van der Waals surface area contributed by atoms with E-state index in [0.29, 0.717) is 31.9 Å². The zero-order valence-corrected chi connectivity index (χ0v) is 24.0. The van der Waals surface area contributed by atoms with E-state index in [4.69, 9.17) is 9.47 Å². The van der Waals surface area contributed by atoms with E-state index >= 15 is 0 Å². The smallest absolute Gasteiger partial charge is 0.338 e. The van der Waals surface area contributed by atoms with E-state index in [1.54, 1.807) is 11.8 Å². The Kier molecular flexibility index (Phi) is 11.8. The number of ketones is 1. The molecule has 1 aromatic carbocycles. The van der Waals surface area contributed by atoms with Gasteiger partial charge in [0.2, 0.25) is 5.72 Å². The van der Waals surface area contributed by atoms with Crippen LogP contribution in [-0.4, -0.2) is 65.2 Å². The standard InChI is InChI=1S/C31H46N2O6/c1-4-6-7-8-9-10-11-12-16-19-26(34)31(37)22-25(29(35)38-3)27(30(36)39-5-2)28-32(20-21-33(28)31)23-24-17-14-13-15-18-24/h13-15,17-18,25,37H,4-12,16,19-23H2,1-3H3. The summed E-state index contributed by atoms with van der Waals surface area (Å²) in [6.45, 7) is 5.38. The third-order valence-corrected chi connectivity index (χ3v) is 7.82. The van der Waals surface area contributed by atoms with Crippen LogP contribution < -0.4 is 0 Å². The summed E-state index contributed by atoms with van der Waals surface area (Å²) in [4.78, 5) is 43.3. The molecule has 0 radical (unpaired) electrons. The van der Waals surface area contributed by atoms with Gasteiger partial charge in [-0.25, -0.2) is 4.79 Å². The van der Waals surface area contributed by atoms with Gasteiger partial charge < -0.3 is 24.4 Å². The van der Waals surface area contributed by atoms with E-state index in [-0.39, 0.29) is 30.8 Å². The highest BCUT2D eigenvalue weighted by atomic mass is 16.5. The average Bonchev–Trinajstić information content (AvgIpc) is 3.36. The molecule has 1 N–H and O–H groups in total. The Bertz CT molecular complexity index is 994. The van der Waals surface area contributed by atoms with Crippen LogP contribution >= 0.6 is 0 Å². The maximum absolute atomic E-state index is 13.6. The van der Waals surface area contributed by atoms with Gasteiger partial charge in [-0.1, -0.05) is 88.6 Å². The summed E-state index contributed by atoms with van der Waals surface area (Å²) in [7, 11) is 1.25. The molecule has 0 amide bonds. The van der Waals surface area contributed by atoms with Crippen molar-refractivity contribution >= 4 is 17.7 Å². The number of esters is 2. The number of hydrogen-bond acceptors (Lipinski definition) is 8. The fourth-order valence-corrected chi connectivity index (χ4v) is 5.74. The molecule has 0 saturated carbocycles. The summed E-state index contributed by atoms with van der Waals surface area (Å²) >= 11 is 0. The van der Waals surface area contributed by atoms with Crippen molar-refractivity contribution in [2.24, 2.45) is 5.92 Å². The minimum Gasteiger partial charge on any atom is -0.469 e. The fraction of sp³-hybridized carbons (Fsp3) is 0.645. The summed E-state index contributed by atoms with van der Waals surface area (Å²) in [5, 5.41) is 11.9. The van der Waals surface area contributed by atoms with Crippen LogP contribution in [0.4, 0.5) is 0 Å². The van der Waals surface area contributed by atoms with Gasteiger partial charge in [0.15, 0.2) is 5.78 Å². The molecule has 2 heterocycles. The number of methoxy groups -OCH3 is 1. The molecule has 1 fully saturated rings. The lowest BCUT2D eigenvalue weighted by Gasteiger charge is -2.45. The number of nitrogens with zero attached hydrogens (tertiary/aromatic N) is 2. The third-order valence-electron chi connectivity index (χ3n) is 7.82. The second-order valence-corrected chi connectivity index (χ2v) is 10.6. The zero-order chi connectivity index (χ0) is 28.3. The number of hydrogen-bond donors (Lipinski definition) is 1. The highest BCUT2D eigenvalue weighted by molar-refractivity contribution is 5.98. The van der Waals surface area contributed by atoms with Gasteiger partial charge in [-0.05, 0) is 18.9 Å². The number of rotatable bonds is 16. The predicted octanol–water partition coefficient (Wildman–Crippen LogP) is 4.95. The van der Waals surface area contributed by atoms with Gasteiger partial charge in [-0.3, -0.25) is 9.59 Å². The Morgan fingerprint density at radius 1 is 0.949 bits per heavy atom. The monoisotopic (exact) mass is 542 g/mol. The molecule has 2 unspecified atom stereocenters. The number of ether oxygens (including phenoxy) is 2. The maximum Gasteiger partial charge on any atom is 0.338 e. The number of unbranched alkanes of at least 4 members (excludes halogenated alkanes) is 8. The third kappa shape index (κ3) is 7.62. The molecule has 0 spiro atoms. The lowest BCUT2D eigenvalue weighted by Crippen LogP contribution is -2.59. The van der Waals surface area contributed by atoms with E-state index in [1.165, 1.54) is 39.2 Å². The molecule has 1 aromatic rings. The number of benzene rings is 1. The molecule has 2 aliphatic rings. The molecular weight excluding hydrogens is 496 g/mol. The van der Waals surface area contributed by atoms with Crippen LogP contribution in [0.1, 0.15) is 90.0 Å². The van der Waals surface area contributed by atoms with Crippen molar-refractivity contribution in [1.29, 1.82) is 0 Å². The van der Waals surface area contributed by atoms with Gasteiger partial charge in [0.05, 0.1) is 25.2 Å². The van der Waals surface area contributed by atoms with Gasteiger partial charge >= 0.3 is 11.9 Å². The molecule has 0 aromatic heterocycles. The summed E-state index contributed by atoms with van der Waals surface area (Å²) in [6, 6.07) is 9.77. The quantitative estimate of drug-likeness (QED) is 0.232. The largest absolute Gasteiger partial charge is 0.469 e. The van der Waals surface area contributed by atoms with Crippen molar-refractivity contribution in [2.75, 3.05) is 26.8 Å². The topological polar surface area (TPSA) is 96.4 Å². The highest BCUT2D eigenvalue weighted by Gasteiger charge is 2.56. The molecule has 8 nitrogen and oxygen atoms in total. The molecule has 0 bridgehead atoms. The molecule has 1 saturated heterocycles. The molecular formula is C31H46N2O6. The van der Waals surface area contributed by atoms with E-state index in [2.05, 4.69) is 6.92 Å². The van der Waals surface area contributed by atoms with E-state index in [0.717, 1.165) is 24.8 Å². The van der Waals surface area contributed by atoms with Crippen LogP contribution in [0.3, 0.4) is 0 Å². The van der Waals surface area contributed by atoms with Crippen molar-refractivity contribution < 1.29 is 29.0 Å². The molecule has 0 aliphatic carbocycles. The van der Waals surface area contributed by atoms with Crippen LogP contribution in [-0.2, 0) is 30.4 Å². The first-order valence-electron chi connectivity index (χ1n) is 14.7. The maximum atomic E-state index is 13.6. The van der Waals surface area contributed by atoms with Crippen LogP contribution in [0.5, 0.6) is 0 Å². The van der Waals surface area contributed by atoms with E-state index in [9.17, 15) is 19.5 Å². The van der Waals surface area contributed by atoms with Gasteiger partial charge in [-0.2, -0.15) is 0 Å². The molecule has 8 heteroatoms. The van der Waals surface area contributed by atoms with Crippen LogP contribution in [0.25, 0.3) is 0 Å². The number of carbonyl (C=O) groups is 3. The van der Waals surface area contributed by atoms with E-state index < -0.39 is 23.6 Å². The van der Waals surface area contributed by atoms with Gasteiger partial charge in [0.1, 0.15) is 5.82 Å². The Hall–Kier alpha value is -2.87. The first-order chi connectivity index (χ1) is 18.9. The van der Waals surface area contributed by atoms with Crippen molar-refractivity contribution in [3.63, 3.8) is 0 Å². The lowest BCUT2D eigenvalue weighted by molar-refractivity contribution is -0.170. The first-order valence-corrected chi connectivity index (χ1v) is 14.7. The van der Waals surface area contributed by atoms with Crippen LogP contribution in [0, 0.1) is 5.92 Å². The van der Waals surface area contributed by atoms with Crippen molar-refractivity contribution in [3.05, 3.63) is 47.3 Å².